The van der Waals surface area contributed by atoms with Gasteiger partial charge < -0.3 is 15.4 Å². The minimum absolute atomic E-state index is 0.0237. The van der Waals surface area contributed by atoms with Crippen molar-refractivity contribution in [3.8, 4) is 5.75 Å². The molecule has 5 heteroatoms. The fraction of sp³-hybridized carbons (Fsp3) is 0.429. The van der Waals surface area contributed by atoms with Gasteiger partial charge in [0, 0.05) is 18.5 Å². The summed E-state index contributed by atoms with van der Waals surface area (Å²) in [5, 5.41) is 0. The summed E-state index contributed by atoms with van der Waals surface area (Å²) in [6.07, 6.45) is 1.74. The fourth-order valence-electron chi connectivity index (χ4n) is 2.21. The summed E-state index contributed by atoms with van der Waals surface area (Å²) < 4.78 is 5.44. The summed E-state index contributed by atoms with van der Waals surface area (Å²) in [7, 11) is 0. The van der Waals surface area contributed by atoms with Crippen LogP contribution in [0.1, 0.15) is 29.3 Å². The predicted molar refractivity (Wildman–Crippen MR) is 78.6 cm³/mol. The fourth-order valence-corrected chi connectivity index (χ4v) is 2.37. The molecule has 1 amide bonds. The molecule has 1 heterocycles. The maximum atomic E-state index is 12.4. The molecular weight excluding hydrogens is 260 g/mol. The Kier molecular flexibility index (Phi) is 4.37. The molecule has 0 saturated carbocycles. The molecule has 1 aliphatic rings. The van der Waals surface area contributed by atoms with Crippen molar-refractivity contribution in [2.75, 3.05) is 19.7 Å². The second-order valence-electron chi connectivity index (χ2n) is 4.61. The number of carbonyl (C=O) groups is 1. The molecule has 0 spiro atoms. The number of carbonyl (C=O) groups excluding carboxylic acids is 1. The van der Waals surface area contributed by atoms with Crippen LogP contribution >= 0.6 is 12.2 Å². The van der Waals surface area contributed by atoms with Gasteiger partial charge in [-0.05, 0) is 30.2 Å². The third-order valence-corrected chi connectivity index (χ3v) is 3.19. The van der Waals surface area contributed by atoms with Gasteiger partial charge in [0.15, 0.2) is 0 Å². The van der Waals surface area contributed by atoms with E-state index in [0.717, 1.165) is 24.2 Å². The van der Waals surface area contributed by atoms with Crippen LogP contribution in [-0.4, -0.2) is 35.5 Å². The van der Waals surface area contributed by atoms with Crippen LogP contribution in [0.3, 0.4) is 0 Å². The second-order valence-corrected chi connectivity index (χ2v) is 5.14. The largest absolute Gasteiger partial charge is 0.493 e. The van der Waals surface area contributed by atoms with E-state index in [1.165, 1.54) is 0 Å². The van der Waals surface area contributed by atoms with Crippen LogP contribution in [0.5, 0.6) is 5.75 Å². The lowest BCUT2D eigenvalue weighted by Crippen LogP contribution is -2.38. The normalized spacial score (nSPS) is 12.7. The van der Waals surface area contributed by atoms with E-state index in [4.69, 9.17) is 22.7 Å². The van der Waals surface area contributed by atoms with E-state index in [1.807, 2.05) is 19.1 Å². The highest BCUT2D eigenvalue weighted by Gasteiger charge is 2.19. The number of amides is 1. The molecule has 1 aromatic rings. The first-order chi connectivity index (χ1) is 9.11. The second kappa shape index (κ2) is 6.02. The van der Waals surface area contributed by atoms with Crippen LogP contribution in [0.25, 0.3) is 0 Å². The molecule has 1 aliphatic heterocycles. The van der Waals surface area contributed by atoms with Gasteiger partial charge in [-0.3, -0.25) is 4.79 Å². The highest BCUT2D eigenvalue weighted by atomic mass is 32.1. The van der Waals surface area contributed by atoms with Crippen LogP contribution in [0, 0.1) is 0 Å². The lowest BCUT2D eigenvalue weighted by atomic mass is 10.1. The molecule has 2 rings (SSSR count). The van der Waals surface area contributed by atoms with Crippen LogP contribution in [-0.2, 0) is 6.42 Å². The van der Waals surface area contributed by atoms with Gasteiger partial charge in [0.1, 0.15) is 5.75 Å². The molecule has 0 bridgehead atoms. The molecule has 0 radical (unpaired) electrons. The highest BCUT2D eigenvalue weighted by Crippen LogP contribution is 2.26. The van der Waals surface area contributed by atoms with E-state index < -0.39 is 0 Å². The first kappa shape index (κ1) is 13.8. The highest BCUT2D eigenvalue weighted by molar-refractivity contribution is 7.80. The van der Waals surface area contributed by atoms with Crippen molar-refractivity contribution in [1.82, 2.24) is 4.90 Å². The molecule has 0 aromatic heterocycles. The minimum Gasteiger partial charge on any atom is -0.493 e. The van der Waals surface area contributed by atoms with Gasteiger partial charge in [-0.25, -0.2) is 0 Å². The Morgan fingerprint density at radius 1 is 1.53 bits per heavy atom. The Morgan fingerprint density at radius 2 is 2.32 bits per heavy atom. The molecule has 102 valence electrons. The Bertz CT molecular complexity index is 502. The number of benzene rings is 1. The lowest BCUT2D eigenvalue weighted by Gasteiger charge is -2.21. The standard InChI is InChI=1S/C14H18N2O2S/c1-2-6-16(9-13(15)19)14(17)11-3-4-12-10(8-11)5-7-18-12/h3-4,8H,2,5-7,9H2,1H3,(H2,15,19). The third kappa shape index (κ3) is 3.23. The summed E-state index contributed by atoms with van der Waals surface area (Å²) in [6.45, 7) is 3.70. The van der Waals surface area contributed by atoms with Crippen molar-refractivity contribution in [1.29, 1.82) is 0 Å². The zero-order valence-electron chi connectivity index (χ0n) is 11.0. The monoisotopic (exact) mass is 278 g/mol. The van der Waals surface area contributed by atoms with Gasteiger partial charge in [0.2, 0.25) is 0 Å². The molecule has 0 saturated heterocycles. The first-order valence-corrected chi connectivity index (χ1v) is 6.86. The summed E-state index contributed by atoms with van der Waals surface area (Å²) in [6, 6.07) is 5.57. The van der Waals surface area contributed by atoms with Gasteiger partial charge >= 0.3 is 0 Å². The Balaban J connectivity index is 2.18. The summed E-state index contributed by atoms with van der Waals surface area (Å²) in [4.78, 5) is 14.5. The number of nitrogens with two attached hydrogens (primary N) is 1. The Labute approximate surface area is 118 Å². The number of rotatable bonds is 5. The quantitative estimate of drug-likeness (QED) is 0.834. The number of fused-ring (bicyclic) bond motifs is 1. The molecule has 0 atom stereocenters. The predicted octanol–water partition coefficient (Wildman–Crippen LogP) is 1.76. The molecular formula is C14H18N2O2S. The van der Waals surface area contributed by atoms with Gasteiger partial charge in [-0.2, -0.15) is 0 Å². The number of hydrogen-bond acceptors (Lipinski definition) is 3. The minimum atomic E-state index is -0.0237. The lowest BCUT2D eigenvalue weighted by molar-refractivity contribution is 0.0780. The smallest absolute Gasteiger partial charge is 0.254 e. The van der Waals surface area contributed by atoms with E-state index in [0.29, 0.717) is 30.2 Å². The molecule has 0 aliphatic carbocycles. The van der Waals surface area contributed by atoms with Gasteiger partial charge in [-0.15, -0.1) is 0 Å². The van der Waals surface area contributed by atoms with E-state index in [1.54, 1.807) is 11.0 Å². The van der Waals surface area contributed by atoms with Gasteiger partial charge in [-0.1, -0.05) is 19.1 Å². The van der Waals surface area contributed by atoms with Crippen molar-refractivity contribution < 1.29 is 9.53 Å². The number of ether oxygens (including phenoxy) is 1. The van der Waals surface area contributed by atoms with Crippen molar-refractivity contribution in [2.45, 2.75) is 19.8 Å². The van der Waals surface area contributed by atoms with E-state index >= 15 is 0 Å². The molecule has 0 fully saturated rings. The van der Waals surface area contributed by atoms with Crippen LogP contribution in [0.15, 0.2) is 18.2 Å². The molecule has 19 heavy (non-hydrogen) atoms. The number of thiocarbonyl (C=S) groups is 1. The zero-order valence-corrected chi connectivity index (χ0v) is 11.8. The average molecular weight is 278 g/mol. The van der Waals surface area contributed by atoms with E-state index in [2.05, 4.69) is 0 Å². The molecule has 4 nitrogen and oxygen atoms in total. The SMILES string of the molecule is CCCN(CC(N)=S)C(=O)c1ccc2c(c1)CCO2. The molecule has 0 unspecified atom stereocenters. The van der Waals surface area contributed by atoms with Gasteiger partial charge in [0.25, 0.3) is 5.91 Å². The zero-order chi connectivity index (χ0) is 13.8. The molecule has 1 aromatic carbocycles. The van der Waals surface area contributed by atoms with Crippen LogP contribution in [0.2, 0.25) is 0 Å². The number of nitrogens with zero attached hydrogens (tertiary/aromatic N) is 1. The van der Waals surface area contributed by atoms with Crippen molar-refractivity contribution in [3.63, 3.8) is 0 Å². The van der Waals surface area contributed by atoms with E-state index in [9.17, 15) is 4.79 Å². The van der Waals surface area contributed by atoms with Gasteiger partial charge in [0.05, 0.1) is 18.1 Å². The maximum Gasteiger partial charge on any atom is 0.254 e. The summed E-state index contributed by atoms with van der Waals surface area (Å²) >= 11 is 4.90. The molecule has 2 N–H and O–H groups in total. The van der Waals surface area contributed by atoms with Crippen molar-refractivity contribution in [3.05, 3.63) is 29.3 Å². The summed E-state index contributed by atoms with van der Waals surface area (Å²) in [5.41, 5.74) is 7.32. The van der Waals surface area contributed by atoms with Crippen LogP contribution in [0.4, 0.5) is 0 Å². The van der Waals surface area contributed by atoms with Crippen LogP contribution < -0.4 is 10.5 Å². The summed E-state index contributed by atoms with van der Waals surface area (Å²) in [5.74, 6) is 0.859. The Morgan fingerprint density at radius 3 is 3.00 bits per heavy atom. The van der Waals surface area contributed by atoms with Crippen molar-refractivity contribution in [2.24, 2.45) is 5.73 Å². The average Bonchev–Trinajstić information content (AvgIpc) is 2.84. The third-order valence-electron chi connectivity index (χ3n) is 3.06. The van der Waals surface area contributed by atoms with Crippen molar-refractivity contribution >= 4 is 23.1 Å². The Hall–Kier alpha value is -1.62. The number of hydrogen-bond donors (Lipinski definition) is 1. The van der Waals surface area contributed by atoms with E-state index in [-0.39, 0.29) is 5.91 Å². The maximum absolute atomic E-state index is 12.4. The first-order valence-electron chi connectivity index (χ1n) is 6.45. The topological polar surface area (TPSA) is 55.6 Å².